The van der Waals surface area contributed by atoms with E-state index in [-0.39, 0.29) is 5.78 Å². The zero-order valence-electron chi connectivity index (χ0n) is 9.32. The van der Waals surface area contributed by atoms with Crippen LogP contribution in [0.3, 0.4) is 0 Å². The predicted molar refractivity (Wildman–Crippen MR) is 55.6 cm³/mol. The Morgan fingerprint density at radius 1 is 1.08 bits per heavy atom. The number of hydrogen-bond acceptors (Lipinski definition) is 3. The van der Waals surface area contributed by atoms with E-state index in [1.165, 1.54) is 0 Å². The molecule has 0 fully saturated rings. The highest BCUT2D eigenvalue weighted by Gasteiger charge is 1.83. The van der Waals surface area contributed by atoms with Crippen LogP contribution in [0.1, 0.15) is 26.7 Å². The first-order chi connectivity index (χ1) is 5.60. The van der Waals surface area contributed by atoms with Gasteiger partial charge in [0.05, 0.1) is 0 Å². The van der Waals surface area contributed by atoms with Crippen molar-refractivity contribution in [2.24, 2.45) is 0 Å². The van der Waals surface area contributed by atoms with Crippen molar-refractivity contribution in [3.05, 3.63) is 0 Å². The van der Waals surface area contributed by atoms with Crippen LogP contribution in [0.25, 0.3) is 0 Å². The van der Waals surface area contributed by atoms with Gasteiger partial charge in [-0.2, -0.15) is 0 Å². The molecule has 0 aliphatic carbocycles. The molecule has 0 aliphatic rings. The number of Topliss-reactive ketones (excluding diaryl/α,β-unsaturated/α-hetero) is 1. The molecule has 0 radical (unpaired) electrons. The quantitative estimate of drug-likeness (QED) is 0.660. The molecule has 0 aromatic rings. The van der Waals surface area contributed by atoms with Crippen LogP contribution in [-0.4, -0.2) is 34.0 Å². The Kier molecular flexibility index (Phi) is 32.9. The third kappa shape index (κ3) is 105. The summed E-state index contributed by atoms with van der Waals surface area (Å²) in [6.45, 7) is 3.62. The summed E-state index contributed by atoms with van der Waals surface area (Å²) in [7, 11) is 7.50. The van der Waals surface area contributed by atoms with E-state index in [2.05, 4.69) is 10.6 Å². The molecule has 3 heteroatoms. The van der Waals surface area contributed by atoms with Gasteiger partial charge in [-0.25, -0.2) is 0 Å². The molecule has 3 nitrogen and oxygen atoms in total. The third-order valence-electron chi connectivity index (χ3n) is 0.602. The maximum atomic E-state index is 10.0. The molecule has 0 atom stereocenters. The molecule has 0 amide bonds. The molecule has 12 heavy (non-hydrogen) atoms. The lowest BCUT2D eigenvalue weighted by atomic mass is 10.3. The number of nitrogens with one attached hydrogen (secondary N) is 2. The fraction of sp³-hybridized carbons (Fsp3) is 0.889. The number of rotatable bonds is 2. The molecule has 0 bridgehead atoms. The molecule has 0 aliphatic heterocycles. The van der Waals surface area contributed by atoms with Gasteiger partial charge in [-0.15, -0.1) is 0 Å². The summed E-state index contributed by atoms with van der Waals surface area (Å²) >= 11 is 0. The first kappa shape index (κ1) is 17.6. The van der Waals surface area contributed by atoms with Gasteiger partial charge >= 0.3 is 0 Å². The molecule has 0 saturated carbocycles. The Bertz CT molecular complexity index is 72.9. The maximum absolute atomic E-state index is 10.0. The maximum Gasteiger partial charge on any atom is 0.129 e. The van der Waals surface area contributed by atoms with Crippen molar-refractivity contribution in [2.75, 3.05) is 28.2 Å². The zero-order valence-corrected chi connectivity index (χ0v) is 9.32. The smallest absolute Gasteiger partial charge is 0.129 e. The molecular weight excluding hydrogens is 152 g/mol. The second-order valence-electron chi connectivity index (χ2n) is 2.45. The molecule has 0 spiro atoms. The fourth-order valence-electron chi connectivity index (χ4n) is 0.352. The van der Waals surface area contributed by atoms with Gasteiger partial charge < -0.3 is 15.4 Å². The summed E-state index contributed by atoms with van der Waals surface area (Å²) < 4.78 is 0. The summed E-state index contributed by atoms with van der Waals surface area (Å²) in [5, 5.41) is 5.50. The molecule has 0 unspecified atom stereocenters. The van der Waals surface area contributed by atoms with E-state index >= 15 is 0 Å². The predicted octanol–water partition coefficient (Wildman–Crippen LogP) is 1.05. The van der Waals surface area contributed by atoms with Gasteiger partial charge in [0.2, 0.25) is 0 Å². The third-order valence-corrected chi connectivity index (χ3v) is 0.602. The van der Waals surface area contributed by atoms with E-state index < -0.39 is 0 Å². The van der Waals surface area contributed by atoms with Crippen LogP contribution in [0.15, 0.2) is 0 Å². The summed E-state index contributed by atoms with van der Waals surface area (Å²) in [5.74, 6) is 0.289. The molecular formula is C9H24N2O. The Morgan fingerprint density at radius 3 is 1.33 bits per heavy atom. The largest absolute Gasteiger partial charge is 0.323 e. The van der Waals surface area contributed by atoms with Crippen molar-refractivity contribution in [1.82, 2.24) is 10.6 Å². The van der Waals surface area contributed by atoms with Crippen LogP contribution in [0.4, 0.5) is 0 Å². The number of hydrogen-bond donors (Lipinski definition) is 2. The van der Waals surface area contributed by atoms with Crippen molar-refractivity contribution in [3.63, 3.8) is 0 Å². The average Bonchev–Trinajstić information content (AvgIpc) is 1.89. The van der Waals surface area contributed by atoms with Crippen LogP contribution in [0, 0.1) is 0 Å². The normalized spacial score (nSPS) is 7.17. The lowest BCUT2D eigenvalue weighted by Gasteiger charge is -1.80. The number of carbonyl (C=O) groups is 1. The SMILES string of the molecule is CCCC(C)=O.CNC.CNC. The highest BCUT2D eigenvalue weighted by Crippen LogP contribution is 1.84. The van der Waals surface area contributed by atoms with Crippen molar-refractivity contribution in [2.45, 2.75) is 26.7 Å². The first-order valence-electron chi connectivity index (χ1n) is 4.26. The Hall–Kier alpha value is -0.410. The van der Waals surface area contributed by atoms with Crippen molar-refractivity contribution in [3.8, 4) is 0 Å². The van der Waals surface area contributed by atoms with Gasteiger partial charge in [0, 0.05) is 6.42 Å². The van der Waals surface area contributed by atoms with Crippen LogP contribution in [0.5, 0.6) is 0 Å². The summed E-state index contributed by atoms with van der Waals surface area (Å²) in [5.41, 5.74) is 0. The molecule has 2 N–H and O–H groups in total. The highest BCUT2D eigenvalue weighted by molar-refractivity contribution is 5.75. The van der Waals surface area contributed by atoms with Crippen molar-refractivity contribution in [1.29, 1.82) is 0 Å². The number of ketones is 1. The monoisotopic (exact) mass is 176 g/mol. The minimum Gasteiger partial charge on any atom is -0.323 e. The second-order valence-corrected chi connectivity index (χ2v) is 2.45. The van der Waals surface area contributed by atoms with E-state index in [0.29, 0.717) is 0 Å². The molecule has 0 aromatic heterocycles. The molecule has 0 heterocycles. The Morgan fingerprint density at radius 2 is 1.33 bits per heavy atom. The van der Waals surface area contributed by atoms with Crippen LogP contribution >= 0.6 is 0 Å². The van der Waals surface area contributed by atoms with E-state index in [4.69, 9.17) is 0 Å². The van der Waals surface area contributed by atoms with Gasteiger partial charge in [0.25, 0.3) is 0 Å². The van der Waals surface area contributed by atoms with E-state index in [9.17, 15) is 4.79 Å². The van der Waals surface area contributed by atoms with Gasteiger partial charge in [0.1, 0.15) is 5.78 Å². The minimum absolute atomic E-state index is 0.289. The van der Waals surface area contributed by atoms with E-state index in [0.717, 1.165) is 12.8 Å². The first-order valence-corrected chi connectivity index (χ1v) is 4.26. The lowest BCUT2D eigenvalue weighted by Crippen LogP contribution is -1.89. The highest BCUT2D eigenvalue weighted by atomic mass is 16.1. The lowest BCUT2D eigenvalue weighted by molar-refractivity contribution is -0.117. The molecule has 0 rings (SSSR count). The van der Waals surface area contributed by atoms with Gasteiger partial charge in [-0.05, 0) is 41.5 Å². The topological polar surface area (TPSA) is 41.1 Å². The summed E-state index contributed by atoms with van der Waals surface area (Å²) in [6, 6.07) is 0. The van der Waals surface area contributed by atoms with Gasteiger partial charge in [-0.1, -0.05) is 6.92 Å². The summed E-state index contributed by atoms with van der Waals surface area (Å²) in [6.07, 6.45) is 1.72. The Balaban J connectivity index is -0.000000115. The van der Waals surface area contributed by atoms with Crippen LogP contribution in [0.2, 0.25) is 0 Å². The average molecular weight is 176 g/mol. The fourth-order valence-corrected chi connectivity index (χ4v) is 0.352. The number of carbonyl (C=O) groups excluding carboxylic acids is 1. The van der Waals surface area contributed by atoms with E-state index in [1.807, 2.05) is 35.1 Å². The zero-order chi connectivity index (χ0) is 10.4. The molecule has 0 aromatic carbocycles. The van der Waals surface area contributed by atoms with Gasteiger partial charge in [-0.3, -0.25) is 0 Å². The Labute approximate surface area is 76.9 Å². The minimum atomic E-state index is 0.289. The van der Waals surface area contributed by atoms with Crippen LogP contribution in [-0.2, 0) is 4.79 Å². The van der Waals surface area contributed by atoms with Crippen LogP contribution < -0.4 is 10.6 Å². The summed E-state index contributed by atoms with van der Waals surface area (Å²) in [4.78, 5) is 10.0. The van der Waals surface area contributed by atoms with Crippen molar-refractivity contribution >= 4 is 5.78 Å². The van der Waals surface area contributed by atoms with E-state index in [1.54, 1.807) is 6.92 Å². The van der Waals surface area contributed by atoms with Crippen molar-refractivity contribution < 1.29 is 4.79 Å². The second kappa shape index (κ2) is 22.4. The molecule has 0 saturated heterocycles. The molecule has 76 valence electrons. The van der Waals surface area contributed by atoms with Gasteiger partial charge in [0.15, 0.2) is 0 Å². The standard InChI is InChI=1S/C5H10O.2C2H7N/c1-3-4-5(2)6;2*1-3-2/h3-4H2,1-2H3;2*3H,1-2H3.